The van der Waals surface area contributed by atoms with Crippen molar-refractivity contribution in [3.63, 3.8) is 0 Å². The quantitative estimate of drug-likeness (QED) is 0.125. The molecule has 3 aromatic rings. The lowest BCUT2D eigenvalue weighted by Gasteiger charge is -2.36. The Labute approximate surface area is 297 Å². The Bertz CT molecular complexity index is 1320. The van der Waals surface area contributed by atoms with Crippen LogP contribution in [0.25, 0.3) is 17.2 Å². The number of halogens is 3. The van der Waals surface area contributed by atoms with Crippen LogP contribution < -0.4 is 65.1 Å². The second kappa shape index (κ2) is 19.1. The molecule has 4 rings (SSSR count). The number of quaternary nitrogens is 2. The van der Waals surface area contributed by atoms with Gasteiger partial charge >= 0.3 is 5.89 Å². The van der Waals surface area contributed by atoms with E-state index in [1.807, 2.05) is 12.1 Å². The maximum atomic E-state index is 6.34. The molecule has 0 spiro atoms. The summed E-state index contributed by atoms with van der Waals surface area (Å²) in [6, 6.07) is 16.7. The summed E-state index contributed by atoms with van der Waals surface area (Å²) in [6.07, 6.45) is 8.49. The van der Waals surface area contributed by atoms with Gasteiger partial charge in [0.05, 0.1) is 70.5 Å². The van der Waals surface area contributed by atoms with Gasteiger partial charge in [0.1, 0.15) is 0 Å². The van der Waals surface area contributed by atoms with E-state index in [1.165, 1.54) is 52.4 Å². The molecule has 0 bridgehead atoms. The lowest BCUT2D eigenvalue weighted by Crippen LogP contribution is -3.00. The van der Waals surface area contributed by atoms with Gasteiger partial charge < -0.3 is 74.0 Å². The highest BCUT2D eigenvalue weighted by Gasteiger charge is 2.28. The highest BCUT2D eigenvalue weighted by atomic mass is 79.9. The van der Waals surface area contributed by atoms with Gasteiger partial charge in [0.25, 0.3) is 5.52 Å². The van der Waals surface area contributed by atoms with Crippen molar-refractivity contribution in [1.29, 1.82) is 0 Å². The zero-order valence-electron chi connectivity index (χ0n) is 27.6. The minimum atomic E-state index is 0. The summed E-state index contributed by atoms with van der Waals surface area (Å²) in [4.78, 5) is 2.33. The first-order valence-electron chi connectivity index (χ1n) is 16.0. The number of benzene rings is 2. The van der Waals surface area contributed by atoms with E-state index in [1.54, 1.807) is 0 Å². The average Bonchev–Trinajstić information content (AvgIpc) is 3.55. The molecule has 0 saturated heterocycles. The van der Waals surface area contributed by atoms with Crippen LogP contribution >= 0.6 is 0 Å². The number of ether oxygens (including phenoxy) is 1. The summed E-state index contributed by atoms with van der Waals surface area (Å²) in [5.41, 5.74) is 3.23. The monoisotopic (exact) mass is 798 g/mol. The summed E-state index contributed by atoms with van der Waals surface area (Å²) in [5.74, 6) is 2.69. The predicted octanol–water partition coefficient (Wildman–Crippen LogP) is -1.98. The Kier molecular flexibility index (Phi) is 17.5. The Morgan fingerprint density at radius 1 is 0.727 bits per heavy atom. The largest absolute Gasteiger partial charge is 1.00 e. The third-order valence-electron chi connectivity index (χ3n) is 9.80. The molecule has 0 aliphatic carbocycles. The summed E-state index contributed by atoms with van der Waals surface area (Å²) >= 11 is 0. The fourth-order valence-corrected chi connectivity index (χ4v) is 6.45. The number of hydrogen-bond acceptors (Lipinski definition) is 3. The van der Waals surface area contributed by atoms with Crippen LogP contribution in [0.5, 0.6) is 5.75 Å². The second-order valence-electron chi connectivity index (χ2n) is 11.4. The molecule has 1 aromatic heterocycles. The second-order valence-corrected chi connectivity index (χ2v) is 11.4. The van der Waals surface area contributed by atoms with Crippen LogP contribution in [0.3, 0.4) is 0 Å². The number of nitrogens with zero attached hydrogens (tertiary/aromatic N) is 4. The summed E-state index contributed by atoms with van der Waals surface area (Å²) in [5, 5.41) is 0. The predicted molar refractivity (Wildman–Crippen MR) is 171 cm³/mol. The number of aromatic nitrogens is 1. The van der Waals surface area contributed by atoms with Crippen molar-refractivity contribution < 1.29 is 73.6 Å². The van der Waals surface area contributed by atoms with Crippen LogP contribution in [0.1, 0.15) is 60.3 Å². The molecule has 1 aliphatic heterocycles. The molecule has 6 nitrogen and oxygen atoms in total. The molecule has 44 heavy (non-hydrogen) atoms. The third kappa shape index (κ3) is 9.21. The lowest BCUT2D eigenvalue weighted by atomic mass is 10.2. The first kappa shape index (κ1) is 40.4. The maximum Gasteiger partial charge on any atom is 0.374 e. The van der Waals surface area contributed by atoms with E-state index in [9.17, 15) is 0 Å². The lowest BCUT2D eigenvalue weighted by molar-refractivity contribution is -0.925. The van der Waals surface area contributed by atoms with Crippen LogP contribution in [0.4, 0.5) is 5.69 Å². The van der Waals surface area contributed by atoms with Gasteiger partial charge in [-0.3, -0.25) is 0 Å². The number of para-hydroxylation sites is 4. The van der Waals surface area contributed by atoms with Gasteiger partial charge in [0.15, 0.2) is 12.3 Å². The smallest absolute Gasteiger partial charge is 0.374 e. The number of anilines is 1. The van der Waals surface area contributed by atoms with Crippen LogP contribution in [0, 0.1) is 0 Å². The molecule has 0 fully saturated rings. The number of allylic oxidation sites excluding steroid dienone is 2. The fraction of sp³-hybridized carbons (Fsp3) is 0.514. The number of rotatable bonds is 16. The molecule has 2 aromatic carbocycles. The Morgan fingerprint density at radius 3 is 1.93 bits per heavy atom. The number of fused-ring (bicyclic) bond motifs is 2. The third-order valence-corrected chi connectivity index (χ3v) is 9.80. The highest BCUT2D eigenvalue weighted by molar-refractivity contribution is 5.70. The van der Waals surface area contributed by atoms with Crippen molar-refractivity contribution >= 4 is 22.9 Å². The Hall–Kier alpha value is -1.65. The number of aryl methyl sites for hydroxylation is 1. The van der Waals surface area contributed by atoms with Crippen molar-refractivity contribution in [1.82, 2.24) is 0 Å². The van der Waals surface area contributed by atoms with Crippen LogP contribution in [-0.2, 0) is 6.54 Å². The van der Waals surface area contributed by atoms with E-state index >= 15 is 0 Å². The summed E-state index contributed by atoms with van der Waals surface area (Å²) in [7, 11) is 0. The summed E-state index contributed by atoms with van der Waals surface area (Å²) in [6.45, 7) is 25.2. The molecule has 0 radical (unpaired) electrons. The average molecular weight is 802 g/mol. The van der Waals surface area contributed by atoms with Gasteiger partial charge in [-0.2, -0.15) is 4.57 Å². The van der Waals surface area contributed by atoms with Gasteiger partial charge in [-0.25, -0.2) is 0 Å². The maximum absolute atomic E-state index is 6.34. The molecular formula is C35H53Br3N4O2. The first-order chi connectivity index (χ1) is 20.0. The molecule has 9 heteroatoms. The first-order valence-corrected chi connectivity index (χ1v) is 16.0. The molecular weight excluding hydrogens is 748 g/mol. The SMILES string of the molecule is CC[N+](CC)(CC)CCCN1C(=CC=Cc2oc3ccccc3[n+]2CCC[N+](CC)(CC)CC)Oc2ccccc21.[Br-].[Br-].[Br-]. The molecule has 0 atom stereocenters. The van der Waals surface area contributed by atoms with Crippen molar-refractivity contribution in [2.45, 2.75) is 60.9 Å². The number of hydrogen-bond donors (Lipinski definition) is 0. The Morgan fingerprint density at radius 2 is 1.30 bits per heavy atom. The topological polar surface area (TPSA) is 29.5 Å². The normalized spacial score (nSPS) is 13.9. The zero-order chi connectivity index (χ0) is 29.3. The van der Waals surface area contributed by atoms with E-state index in [-0.39, 0.29) is 50.9 Å². The van der Waals surface area contributed by atoms with Crippen molar-refractivity contribution in [3.8, 4) is 5.75 Å². The van der Waals surface area contributed by atoms with E-state index in [2.05, 4.69) is 106 Å². The van der Waals surface area contributed by atoms with Gasteiger partial charge in [-0.15, -0.1) is 0 Å². The molecule has 1 aliphatic rings. The fourth-order valence-electron chi connectivity index (χ4n) is 6.45. The van der Waals surface area contributed by atoms with Crippen molar-refractivity contribution in [2.75, 3.05) is 63.8 Å². The van der Waals surface area contributed by atoms with Crippen LogP contribution in [0.15, 0.2) is 71.0 Å². The van der Waals surface area contributed by atoms with Gasteiger partial charge in [-0.1, -0.05) is 24.3 Å². The minimum absolute atomic E-state index is 0. The molecule has 0 N–H and O–H groups in total. The minimum Gasteiger partial charge on any atom is -1.00 e. The molecule has 2 heterocycles. The molecule has 0 saturated carbocycles. The highest BCUT2D eigenvalue weighted by Crippen LogP contribution is 2.38. The van der Waals surface area contributed by atoms with Gasteiger partial charge in [0.2, 0.25) is 11.5 Å². The van der Waals surface area contributed by atoms with Crippen LogP contribution in [0.2, 0.25) is 0 Å². The van der Waals surface area contributed by atoms with Gasteiger partial charge in [0, 0.05) is 19.0 Å². The molecule has 0 amide bonds. The van der Waals surface area contributed by atoms with Crippen molar-refractivity contribution in [3.05, 3.63) is 72.5 Å². The van der Waals surface area contributed by atoms with E-state index in [4.69, 9.17) is 9.15 Å². The number of oxazole rings is 1. The Balaban J connectivity index is 0.00000323. The van der Waals surface area contributed by atoms with E-state index in [0.29, 0.717) is 0 Å². The van der Waals surface area contributed by atoms with Crippen LogP contribution in [-0.4, -0.2) is 67.9 Å². The van der Waals surface area contributed by atoms with E-state index < -0.39 is 0 Å². The summed E-state index contributed by atoms with van der Waals surface area (Å²) < 4.78 is 17.3. The molecule has 246 valence electrons. The zero-order valence-corrected chi connectivity index (χ0v) is 32.3. The van der Waals surface area contributed by atoms with Crippen molar-refractivity contribution in [2.24, 2.45) is 0 Å². The molecule has 0 unspecified atom stereocenters. The standard InChI is InChI=1S/C35H53N4O2.3BrH/c1-7-38(8-2,9-3)28-18-26-36-30-20-13-15-22-32(30)40-34(36)24-17-25-35-37(31-21-14-16-23-33(31)41-35)27-19-29-39(10-4,11-5)12-6;;;/h13-17,20-25H,7-12,18-19,26-29H2,1-6H3;3*1H/q+3;;;/p-3. The van der Waals surface area contributed by atoms with Gasteiger partial charge in [-0.05, 0) is 71.9 Å². The van der Waals surface area contributed by atoms with E-state index in [0.717, 1.165) is 69.2 Å².